The lowest BCUT2D eigenvalue weighted by Crippen LogP contribution is -2.48. The van der Waals surface area contributed by atoms with E-state index in [1.807, 2.05) is 0 Å². The summed E-state index contributed by atoms with van der Waals surface area (Å²) in [6.07, 6.45) is 0. The van der Waals surface area contributed by atoms with E-state index in [1.165, 1.54) is 7.11 Å². The van der Waals surface area contributed by atoms with Crippen LogP contribution in [0.25, 0.3) is 0 Å². The maximum absolute atomic E-state index is 11.9. The van der Waals surface area contributed by atoms with Crippen LogP contribution in [0.15, 0.2) is 18.2 Å². The van der Waals surface area contributed by atoms with Crippen LogP contribution < -0.4 is 15.8 Å². The van der Waals surface area contributed by atoms with Gasteiger partial charge < -0.3 is 20.5 Å². The number of methoxy groups -OCH3 is 1. The van der Waals surface area contributed by atoms with Gasteiger partial charge in [-0.3, -0.25) is 4.79 Å². The summed E-state index contributed by atoms with van der Waals surface area (Å²) in [5.74, 6) is 0.322. The standard InChI is InChI=1S/C11H14N2O3/c1-15-10-4-7(12)2-3-9(10)11(14)13-8-5-16-6-8/h2-4,8H,5-6,12H2,1H3,(H,13,14). The zero-order valence-electron chi connectivity index (χ0n) is 9.03. The minimum atomic E-state index is -0.162. The number of benzene rings is 1. The van der Waals surface area contributed by atoms with Crippen LogP contribution in [0.3, 0.4) is 0 Å². The summed E-state index contributed by atoms with van der Waals surface area (Å²) in [4.78, 5) is 11.9. The molecule has 5 nitrogen and oxygen atoms in total. The molecule has 5 heteroatoms. The van der Waals surface area contributed by atoms with E-state index in [0.717, 1.165) is 0 Å². The first kappa shape index (κ1) is 10.8. The van der Waals surface area contributed by atoms with Crippen LogP contribution in [0.2, 0.25) is 0 Å². The Labute approximate surface area is 93.5 Å². The number of rotatable bonds is 3. The number of anilines is 1. The summed E-state index contributed by atoms with van der Waals surface area (Å²) < 4.78 is 10.1. The molecule has 0 saturated carbocycles. The van der Waals surface area contributed by atoms with Crippen molar-refractivity contribution in [2.75, 3.05) is 26.1 Å². The average Bonchev–Trinajstić information content (AvgIpc) is 2.23. The highest BCUT2D eigenvalue weighted by molar-refractivity contribution is 5.97. The van der Waals surface area contributed by atoms with E-state index in [9.17, 15) is 4.79 Å². The molecule has 1 aliphatic heterocycles. The first-order chi connectivity index (χ1) is 7.70. The Hall–Kier alpha value is -1.75. The third kappa shape index (κ3) is 2.09. The fourth-order valence-electron chi connectivity index (χ4n) is 1.48. The third-order valence-electron chi connectivity index (χ3n) is 2.44. The number of nitrogen functional groups attached to an aromatic ring is 1. The smallest absolute Gasteiger partial charge is 0.255 e. The van der Waals surface area contributed by atoms with E-state index < -0.39 is 0 Å². The van der Waals surface area contributed by atoms with Gasteiger partial charge in [0.05, 0.1) is 31.9 Å². The second-order valence-electron chi connectivity index (χ2n) is 3.67. The zero-order chi connectivity index (χ0) is 11.5. The van der Waals surface area contributed by atoms with E-state index in [-0.39, 0.29) is 11.9 Å². The Morgan fingerprint density at radius 2 is 2.31 bits per heavy atom. The van der Waals surface area contributed by atoms with Gasteiger partial charge in [-0.25, -0.2) is 0 Å². The van der Waals surface area contributed by atoms with Gasteiger partial charge in [-0.2, -0.15) is 0 Å². The molecule has 0 bridgehead atoms. The first-order valence-corrected chi connectivity index (χ1v) is 5.03. The molecule has 1 amide bonds. The van der Waals surface area contributed by atoms with Crippen LogP contribution >= 0.6 is 0 Å². The lowest BCUT2D eigenvalue weighted by molar-refractivity contribution is -0.00350. The van der Waals surface area contributed by atoms with Crippen LogP contribution in [-0.2, 0) is 4.74 Å². The highest BCUT2D eigenvalue weighted by Gasteiger charge is 2.22. The summed E-state index contributed by atoms with van der Waals surface area (Å²) in [7, 11) is 1.51. The van der Waals surface area contributed by atoms with Gasteiger partial charge in [0.25, 0.3) is 5.91 Å². The van der Waals surface area contributed by atoms with Crippen LogP contribution in [0.4, 0.5) is 5.69 Å². The van der Waals surface area contributed by atoms with Crippen molar-refractivity contribution in [3.05, 3.63) is 23.8 Å². The third-order valence-corrected chi connectivity index (χ3v) is 2.44. The molecule has 2 rings (SSSR count). The molecule has 1 aromatic carbocycles. The monoisotopic (exact) mass is 222 g/mol. The molecular weight excluding hydrogens is 208 g/mol. The van der Waals surface area contributed by atoms with E-state index in [0.29, 0.717) is 30.2 Å². The number of nitrogens with one attached hydrogen (secondary N) is 1. The number of carbonyl (C=O) groups excluding carboxylic acids is 1. The fraction of sp³-hybridized carbons (Fsp3) is 0.364. The number of nitrogens with two attached hydrogens (primary N) is 1. The molecule has 86 valence electrons. The molecule has 0 aliphatic carbocycles. The van der Waals surface area contributed by atoms with Crippen molar-refractivity contribution in [2.45, 2.75) is 6.04 Å². The van der Waals surface area contributed by atoms with Crippen molar-refractivity contribution in [3.63, 3.8) is 0 Å². The highest BCUT2D eigenvalue weighted by Crippen LogP contribution is 2.21. The quantitative estimate of drug-likeness (QED) is 0.726. The van der Waals surface area contributed by atoms with Crippen molar-refractivity contribution in [1.29, 1.82) is 0 Å². The normalized spacial score (nSPS) is 15.3. The largest absolute Gasteiger partial charge is 0.496 e. The molecule has 1 heterocycles. The molecule has 1 aliphatic rings. The number of ether oxygens (including phenoxy) is 2. The van der Waals surface area contributed by atoms with Crippen LogP contribution in [-0.4, -0.2) is 32.3 Å². The fourth-order valence-corrected chi connectivity index (χ4v) is 1.48. The van der Waals surface area contributed by atoms with E-state index in [4.69, 9.17) is 15.2 Å². The Morgan fingerprint density at radius 3 is 2.88 bits per heavy atom. The molecule has 1 fully saturated rings. The second kappa shape index (κ2) is 4.40. The minimum Gasteiger partial charge on any atom is -0.496 e. The van der Waals surface area contributed by atoms with Gasteiger partial charge in [0.2, 0.25) is 0 Å². The van der Waals surface area contributed by atoms with Crippen molar-refractivity contribution >= 4 is 11.6 Å². The number of hydrogen-bond donors (Lipinski definition) is 2. The van der Waals surface area contributed by atoms with E-state index in [2.05, 4.69) is 5.32 Å². The van der Waals surface area contributed by atoms with Gasteiger partial charge in [0.1, 0.15) is 5.75 Å². The number of carbonyl (C=O) groups is 1. The SMILES string of the molecule is COc1cc(N)ccc1C(=O)NC1COC1. The van der Waals surface area contributed by atoms with Gasteiger partial charge >= 0.3 is 0 Å². The van der Waals surface area contributed by atoms with E-state index in [1.54, 1.807) is 18.2 Å². The Balaban J connectivity index is 2.14. The molecule has 1 saturated heterocycles. The molecule has 0 aromatic heterocycles. The second-order valence-corrected chi connectivity index (χ2v) is 3.67. The molecule has 3 N–H and O–H groups in total. The van der Waals surface area contributed by atoms with Crippen LogP contribution in [0, 0.1) is 0 Å². The molecule has 1 aromatic rings. The van der Waals surface area contributed by atoms with Crippen molar-refractivity contribution < 1.29 is 14.3 Å². The predicted molar refractivity (Wildman–Crippen MR) is 59.5 cm³/mol. The molecule has 0 radical (unpaired) electrons. The topological polar surface area (TPSA) is 73.6 Å². The summed E-state index contributed by atoms with van der Waals surface area (Å²) in [6, 6.07) is 5.07. The lowest BCUT2D eigenvalue weighted by atomic mass is 10.1. The summed E-state index contributed by atoms with van der Waals surface area (Å²) in [5, 5.41) is 2.84. The Morgan fingerprint density at radius 1 is 1.56 bits per heavy atom. The van der Waals surface area contributed by atoms with Crippen molar-refractivity contribution in [2.24, 2.45) is 0 Å². The average molecular weight is 222 g/mol. The highest BCUT2D eigenvalue weighted by atomic mass is 16.5. The maximum Gasteiger partial charge on any atom is 0.255 e. The molecule has 0 spiro atoms. The molecule has 0 unspecified atom stereocenters. The predicted octanol–water partition coefficient (Wildman–Crippen LogP) is 0.406. The van der Waals surface area contributed by atoms with Gasteiger partial charge in [0, 0.05) is 11.8 Å². The van der Waals surface area contributed by atoms with Gasteiger partial charge in [-0.1, -0.05) is 0 Å². The zero-order valence-corrected chi connectivity index (χ0v) is 9.03. The minimum absolute atomic E-state index is 0.106. The molecular formula is C11H14N2O3. The summed E-state index contributed by atoms with van der Waals surface area (Å²) in [6.45, 7) is 1.14. The Bertz CT molecular complexity index is 402. The summed E-state index contributed by atoms with van der Waals surface area (Å²) in [5.41, 5.74) is 6.67. The van der Waals surface area contributed by atoms with E-state index >= 15 is 0 Å². The van der Waals surface area contributed by atoms with Crippen molar-refractivity contribution in [3.8, 4) is 5.75 Å². The number of hydrogen-bond acceptors (Lipinski definition) is 4. The van der Waals surface area contributed by atoms with Gasteiger partial charge in [0.15, 0.2) is 0 Å². The molecule has 16 heavy (non-hydrogen) atoms. The Kier molecular flexibility index (Phi) is 2.96. The van der Waals surface area contributed by atoms with Gasteiger partial charge in [-0.05, 0) is 12.1 Å². The van der Waals surface area contributed by atoms with Crippen molar-refractivity contribution in [1.82, 2.24) is 5.32 Å². The molecule has 0 atom stereocenters. The maximum atomic E-state index is 11.9. The van der Waals surface area contributed by atoms with Crippen LogP contribution in [0.5, 0.6) is 5.75 Å². The lowest BCUT2D eigenvalue weighted by Gasteiger charge is -2.27. The first-order valence-electron chi connectivity index (χ1n) is 5.03. The number of amides is 1. The van der Waals surface area contributed by atoms with Gasteiger partial charge in [-0.15, -0.1) is 0 Å². The summed E-state index contributed by atoms with van der Waals surface area (Å²) >= 11 is 0. The van der Waals surface area contributed by atoms with Crippen LogP contribution in [0.1, 0.15) is 10.4 Å².